The second kappa shape index (κ2) is 7.29. The minimum Gasteiger partial charge on any atom is -0.478 e. The quantitative estimate of drug-likeness (QED) is 0.624. The maximum atomic E-state index is 11.5. The van der Waals surface area contributed by atoms with Gasteiger partial charge < -0.3 is 5.11 Å². The first-order chi connectivity index (χ1) is 9.47. The average molecular weight is 268 g/mol. The number of allylic oxidation sites excluding steroid dienone is 5. The fraction of sp³-hybridized carbons (Fsp3) is 0.167. The van der Waals surface area contributed by atoms with Gasteiger partial charge in [-0.15, -0.1) is 0 Å². The fourth-order valence-electron chi connectivity index (χ4n) is 2.04. The second-order valence-electron chi connectivity index (χ2n) is 4.60. The van der Waals surface area contributed by atoms with Gasteiger partial charge in [0, 0.05) is 0 Å². The summed E-state index contributed by atoms with van der Waals surface area (Å²) < 4.78 is 0. The SMILES string of the molecule is C=C(/C(C(=O)O)=C(C)/C=C(C)\C=C/C)c1ccccc1. The molecule has 0 fully saturated rings. The van der Waals surface area contributed by atoms with Gasteiger partial charge in [-0.2, -0.15) is 0 Å². The molecule has 0 unspecified atom stereocenters. The van der Waals surface area contributed by atoms with Crippen LogP contribution in [-0.2, 0) is 4.79 Å². The molecule has 1 N–H and O–H groups in total. The van der Waals surface area contributed by atoms with Crippen molar-refractivity contribution in [3.8, 4) is 0 Å². The van der Waals surface area contributed by atoms with Crippen molar-refractivity contribution in [3.63, 3.8) is 0 Å². The van der Waals surface area contributed by atoms with Crippen LogP contribution < -0.4 is 0 Å². The van der Waals surface area contributed by atoms with E-state index in [-0.39, 0.29) is 5.57 Å². The topological polar surface area (TPSA) is 37.3 Å². The van der Waals surface area contributed by atoms with E-state index < -0.39 is 5.97 Å². The lowest BCUT2D eigenvalue weighted by molar-refractivity contribution is -0.132. The molecule has 0 amide bonds. The van der Waals surface area contributed by atoms with Gasteiger partial charge >= 0.3 is 5.97 Å². The van der Waals surface area contributed by atoms with Crippen molar-refractivity contribution in [1.29, 1.82) is 0 Å². The Morgan fingerprint density at radius 3 is 2.30 bits per heavy atom. The first-order valence-electron chi connectivity index (χ1n) is 6.47. The summed E-state index contributed by atoms with van der Waals surface area (Å²) in [5.74, 6) is -0.958. The van der Waals surface area contributed by atoms with Crippen LogP contribution in [0.15, 0.2) is 71.9 Å². The van der Waals surface area contributed by atoms with Crippen LogP contribution in [0.2, 0.25) is 0 Å². The molecular weight excluding hydrogens is 248 g/mol. The molecule has 1 aromatic rings. The molecule has 0 atom stereocenters. The molecular formula is C18H20O2. The van der Waals surface area contributed by atoms with Crippen molar-refractivity contribution in [3.05, 3.63) is 77.4 Å². The third-order valence-corrected chi connectivity index (χ3v) is 2.91. The molecule has 0 aliphatic heterocycles. The van der Waals surface area contributed by atoms with Crippen LogP contribution in [0.1, 0.15) is 26.3 Å². The summed E-state index contributed by atoms with van der Waals surface area (Å²) in [4.78, 5) is 11.5. The molecule has 0 spiro atoms. The van der Waals surface area contributed by atoms with Gasteiger partial charge in [0.1, 0.15) is 0 Å². The number of carboxylic acid groups (broad SMARTS) is 1. The Balaban J connectivity index is 3.28. The molecule has 0 saturated carbocycles. The monoisotopic (exact) mass is 268 g/mol. The largest absolute Gasteiger partial charge is 0.478 e. The molecule has 2 nitrogen and oxygen atoms in total. The fourth-order valence-corrected chi connectivity index (χ4v) is 2.04. The minimum atomic E-state index is -0.958. The number of hydrogen-bond donors (Lipinski definition) is 1. The highest BCUT2D eigenvalue weighted by Crippen LogP contribution is 2.25. The lowest BCUT2D eigenvalue weighted by atomic mass is 9.95. The van der Waals surface area contributed by atoms with E-state index in [1.807, 2.05) is 62.4 Å². The summed E-state index contributed by atoms with van der Waals surface area (Å²) in [6.45, 7) is 9.60. The molecule has 0 aliphatic carbocycles. The molecule has 0 saturated heterocycles. The van der Waals surface area contributed by atoms with Crippen molar-refractivity contribution in [1.82, 2.24) is 0 Å². The Morgan fingerprint density at radius 1 is 1.20 bits per heavy atom. The smallest absolute Gasteiger partial charge is 0.336 e. The maximum absolute atomic E-state index is 11.5. The zero-order valence-corrected chi connectivity index (χ0v) is 12.2. The first kappa shape index (κ1) is 15.7. The van der Waals surface area contributed by atoms with Crippen LogP contribution >= 0.6 is 0 Å². The Bertz CT molecular complexity index is 587. The molecule has 0 aliphatic rings. The van der Waals surface area contributed by atoms with E-state index >= 15 is 0 Å². The summed E-state index contributed by atoms with van der Waals surface area (Å²) in [5.41, 5.74) is 3.30. The van der Waals surface area contributed by atoms with Crippen molar-refractivity contribution in [2.24, 2.45) is 0 Å². The van der Waals surface area contributed by atoms with E-state index in [9.17, 15) is 9.90 Å². The predicted octanol–water partition coefficient (Wildman–Crippen LogP) is 4.62. The van der Waals surface area contributed by atoms with Gasteiger partial charge in [-0.25, -0.2) is 4.79 Å². The van der Waals surface area contributed by atoms with Crippen LogP contribution in [0.3, 0.4) is 0 Å². The predicted molar refractivity (Wildman–Crippen MR) is 84.4 cm³/mol. The third-order valence-electron chi connectivity index (χ3n) is 2.91. The van der Waals surface area contributed by atoms with E-state index in [2.05, 4.69) is 6.58 Å². The Hall–Kier alpha value is -2.35. The standard InChI is InChI=1S/C18H20O2/c1-5-9-13(2)12-14(3)17(18(19)20)15(4)16-10-7-6-8-11-16/h5-12H,4H2,1-3H3,(H,19,20)/b9-5-,13-12-,17-14-. The zero-order chi connectivity index (χ0) is 15.1. The number of carbonyl (C=O) groups is 1. The summed E-state index contributed by atoms with van der Waals surface area (Å²) in [6, 6.07) is 9.36. The van der Waals surface area contributed by atoms with Gasteiger partial charge in [0.15, 0.2) is 0 Å². The number of carboxylic acids is 1. The minimum absolute atomic E-state index is 0.250. The summed E-state index contributed by atoms with van der Waals surface area (Å²) in [7, 11) is 0. The number of hydrogen-bond acceptors (Lipinski definition) is 1. The van der Waals surface area contributed by atoms with E-state index in [0.717, 1.165) is 11.1 Å². The average Bonchev–Trinajstić information content (AvgIpc) is 2.39. The highest BCUT2D eigenvalue weighted by molar-refractivity contribution is 6.05. The van der Waals surface area contributed by atoms with Crippen LogP contribution in [0, 0.1) is 0 Å². The molecule has 104 valence electrons. The molecule has 0 heterocycles. The van der Waals surface area contributed by atoms with E-state index in [4.69, 9.17) is 0 Å². The van der Waals surface area contributed by atoms with Crippen molar-refractivity contribution >= 4 is 11.5 Å². The number of benzene rings is 1. The van der Waals surface area contributed by atoms with Gasteiger partial charge in [-0.1, -0.05) is 60.7 Å². The van der Waals surface area contributed by atoms with E-state index in [1.165, 1.54) is 0 Å². The van der Waals surface area contributed by atoms with Crippen molar-refractivity contribution in [2.75, 3.05) is 0 Å². The normalized spacial score (nSPS) is 13.2. The second-order valence-corrected chi connectivity index (χ2v) is 4.60. The van der Waals surface area contributed by atoms with E-state index in [0.29, 0.717) is 11.1 Å². The lowest BCUT2D eigenvalue weighted by Gasteiger charge is -2.10. The highest BCUT2D eigenvalue weighted by atomic mass is 16.4. The lowest BCUT2D eigenvalue weighted by Crippen LogP contribution is -2.05. The maximum Gasteiger partial charge on any atom is 0.336 e. The molecule has 2 heteroatoms. The van der Waals surface area contributed by atoms with Crippen LogP contribution in [0.25, 0.3) is 5.57 Å². The van der Waals surface area contributed by atoms with Gasteiger partial charge in [-0.05, 0) is 37.5 Å². The van der Waals surface area contributed by atoms with Crippen LogP contribution in [-0.4, -0.2) is 11.1 Å². The summed E-state index contributed by atoms with van der Waals surface area (Å²) >= 11 is 0. The summed E-state index contributed by atoms with van der Waals surface area (Å²) in [5, 5.41) is 9.45. The molecule has 1 aromatic carbocycles. The van der Waals surface area contributed by atoms with Gasteiger partial charge in [0.25, 0.3) is 0 Å². The van der Waals surface area contributed by atoms with Crippen LogP contribution in [0.5, 0.6) is 0 Å². The summed E-state index contributed by atoms with van der Waals surface area (Å²) in [6.07, 6.45) is 5.72. The van der Waals surface area contributed by atoms with Crippen molar-refractivity contribution < 1.29 is 9.90 Å². The number of rotatable bonds is 5. The Morgan fingerprint density at radius 2 is 1.80 bits per heavy atom. The molecule has 0 radical (unpaired) electrons. The first-order valence-corrected chi connectivity index (χ1v) is 6.47. The van der Waals surface area contributed by atoms with Gasteiger partial charge in [0.05, 0.1) is 5.57 Å². The number of aliphatic carboxylic acids is 1. The highest BCUT2D eigenvalue weighted by Gasteiger charge is 2.15. The Kier molecular flexibility index (Phi) is 5.73. The molecule has 0 bridgehead atoms. The molecule has 20 heavy (non-hydrogen) atoms. The molecule has 0 aromatic heterocycles. The van der Waals surface area contributed by atoms with Crippen LogP contribution in [0.4, 0.5) is 0 Å². The van der Waals surface area contributed by atoms with Crippen molar-refractivity contribution in [2.45, 2.75) is 20.8 Å². The molecule has 1 rings (SSSR count). The zero-order valence-electron chi connectivity index (χ0n) is 12.2. The van der Waals surface area contributed by atoms with Gasteiger partial charge in [0.2, 0.25) is 0 Å². The van der Waals surface area contributed by atoms with E-state index in [1.54, 1.807) is 6.92 Å². The third kappa shape index (κ3) is 4.09. The Labute approximate surface area is 120 Å². The van der Waals surface area contributed by atoms with Gasteiger partial charge in [-0.3, -0.25) is 0 Å².